The van der Waals surface area contributed by atoms with Crippen LogP contribution in [0.1, 0.15) is 37.6 Å². The van der Waals surface area contributed by atoms with E-state index in [0.717, 1.165) is 29.8 Å². The molecule has 0 aliphatic carbocycles. The predicted molar refractivity (Wildman–Crippen MR) is 98.4 cm³/mol. The lowest BCUT2D eigenvalue weighted by Gasteiger charge is -2.29. The van der Waals surface area contributed by atoms with Gasteiger partial charge in [-0.15, -0.1) is 0 Å². The highest BCUT2D eigenvalue weighted by atomic mass is 16.5. The Morgan fingerprint density at radius 1 is 1.24 bits per heavy atom. The van der Waals surface area contributed by atoms with Gasteiger partial charge >= 0.3 is 0 Å². The molecule has 0 N–H and O–H groups in total. The van der Waals surface area contributed by atoms with Crippen molar-refractivity contribution in [1.29, 1.82) is 0 Å². The molecule has 1 aliphatic heterocycles. The zero-order valence-electron chi connectivity index (χ0n) is 15.3. The van der Waals surface area contributed by atoms with Gasteiger partial charge in [0.05, 0.1) is 18.8 Å². The van der Waals surface area contributed by atoms with Crippen LogP contribution in [0.2, 0.25) is 0 Å². The number of methoxy groups -OCH3 is 1. The maximum atomic E-state index is 12.5. The van der Waals surface area contributed by atoms with Crippen molar-refractivity contribution in [3.05, 3.63) is 53.4 Å². The van der Waals surface area contributed by atoms with Crippen molar-refractivity contribution in [3.8, 4) is 5.75 Å². The smallest absolute Gasteiger partial charge is 0.246 e. The minimum Gasteiger partial charge on any atom is -0.497 e. The molecule has 0 spiro atoms. The number of aromatic nitrogens is 2. The van der Waals surface area contributed by atoms with E-state index < -0.39 is 0 Å². The summed E-state index contributed by atoms with van der Waals surface area (Å²) in [4.78, 5) is 14.4. The van der Waals surface area contributed by atoms with Gasteiger partial charge in [0.2, 0.25) is 5.91 Å². The largest absolute Gasteiger partial charge is 0.497 e. The maximum absolute atomic E-state index is 12.5. The first-order valence-electron chi connectivity index (χ1n) is 8.56. The monoisotopic (exact) mass is 339 g/mol. The molecule has 132 valence electrons. The molecule has 5 nitrogen and oxygen atoms in total. The van der Waals surface area contributed by atoms with Crippen LogP contribution in [0, 0.1) is 0 Å². The molecule has 0 atom stereocenters. The average Bonchev–Trinajstić information content (AvgIpc) is 3.03. The molecule has 2 aromatic rings. The van der Waals surface area contributed by atoms with Crippen LogP contribution in [0.25, 0.3) is 6.08 Å². The topological polar surface area (TPSA) is 47.4 Å². The zero-order valence-corrected chi connectivity index (χ0v) is 15.3. The summed E-state index contributed by atoms with van der Waals surface area (Å²) < 4.78 is 7.22. The molecule has 0 radical (unpaired) electrons. The quantitative estimate of drug-likeness (QED) is 0.807. The fourth-order valence-corrected chi connectivity index (χ4v) is 3.09. The second kappa shape index (κ2) is 6.75. The number of fused-ring (bicyclic) bond motifs is 1. The summed E-state index contributed by atoms with van der Waals surface area (Å²) in [7, 11) is 1.64. The van der Waals surface area contributed by atoms with E-state index in [2.05, 4.69) is 30.6 Å². The van der Waals surface area contributed by atoms with Crippen LogP contribution in [0.3, 0.4) is 0 Å². The van der Waals surface area contributed by atoms with E-state index in [1.54, 1.807) is 13.2 Å². The number of hydrogen-bond acceptors (Lipinski definition) is 3. The highest BCUT2D eigenvalue weighted by Crippen LogP contribution is 2.24. The zero-order chi connectivity index (χ0) is 18.0. The van der Waals surface area contributed by atoms with Gasteiger partial charge in [-0.3, -0.25) is 9.48 Å². The number of hydrogen-bond donors (Lipinski definition) is 0. The Labute approximate surface area is 148 Å². The average molecular weight is 339 g/mol. The van der Waals surface area contributed by atoms with E-state index in [9.17, 15) is 4.79 Å². The number of carbonyl (C=O) groups excluding carboxylic acids is 1. The van der Waals surface area contributed by atoms with Crippen molar-refractivity contribution in [2.24, 2.45) is 0 Å². The van der Waals surface area contributed by atoms with Crippen molar-refractivity contribution in [3.63, 3.8) is 0 Å². The summed E-state index contributed by atoms with van der Waals surface area (Å²) >= 11 is 0. The van der Waals surface area contributed by atoms with Gasteiger partial charge in [0.25, 0.3) is 0 Å². The second-order valence-electron chi connectivity index (χ2n) is 7.32. The third-order valence-electron chi connectivity index (χ3n) is 4.42. The maximum Gasteiger partial charge on any atom is 0.246 e. The molecule has 1 aromatic heterocycles. The number of benzene rings is 1. The van der Waals surface area contributed by atoms with Crippen molar-refractivity contribution >= 4 is 12.0 Å². The lowest BCUT2D eigenvalue weighted by atomic mass is 10.0. The van der Waals surface area contributed by atoms with Gasteiger partial charge in [0, 0.05) is 36.8 Å². The summed E-state index contributed by atoms with van der Waals surface area (Å²) in [6, 6.07) is 7.64. The van der Waals surface area contributed by atoms with E-state index >= 15 is 0 Å². The first-order valence-corrected chi connectivity index (χ1v) is 8.56. The Morgan fingerprint density at radius 2 is 1.96 bits per heavy atom. The lowest BCUT2D eigenvalue weighted by molar-refractivity contribution is -0.126. The van der Waals surface area contributed by atoms with Crippen molar-refractivity contribution in [2.75, 3.05) is 13.7 Å². The Morgan fingerprint density at radius 3 is 2.60 bits per heavy atom. The van der Waals surface area contributed by atoms with Gasteiger partial charge in [-0.25, -0.2) is 0 Å². The predicted octanol–water partition coefficient (Wildman–Crippen LogP) is 3.24. The Balaban J connectivity index is 1.68. The van der Waals surface area contributed by atoms with Crippen molar-refractivity contribution < 1.29 is 9.53 Å². The third kappa shape index (κ3) is 3.76. The van der Waals surface area contributed by atoms with E-state index in [-0.39, 0.29) is 11.4 Å². The van der Waals surface area contributed by atoms with Gasteiger partial charge in [0.1, 0.15) is 5.75 Å². The normalized spacial score (nSPS) is 14.6. The lowest BCUT2D eigenvalue weighted by Crippen LogP contribution is -2.36. The first kappa shape index (κ1) is 17.3. The molecule has 0 bridgehead atoms. The molecule has 5 heteroatoms. The van der Waals surface area contributed by atoms with Crippen LogP contribution in [0.15, 0.2) is 36.5 Å². The van der Waals surface area contributed by atoms with Crippen LogP contribution in [-0.4, -0.2) is 34.2 Å². The minimum absolute atomic E-state index is 0.0324. The number of rotatable bonds is 3. The molecule has 0 fully saturated rings. The Bertz CT molecular complexity index is 782. The minimum atomic E-state index is -0.0337. The second-order valence-corrected chi connectivity index (χ2v) is 7.32. The number of amides is 1. The molecule has 1 aromatic carbocycles. The highest BCUT2D eigenvalue weighted by Gasteiger charge is 2.26. The van der Waals surface area contributed by atoms with Crippen LogP contribution < -0.4 is 4.74 Å². The van der Waals surface area contributed by atoms with Crippen LogP contribution in [-0.2, 0) is 23.3 Å². The number of carbonyl (C=O) groups is 1. The highest BCUT2D eigenvalue weighted by molar-refractivity contribution is 5.91. The van der Waals surface area contributed by atoms with Crippen molar-refractivity contribution in [1.82, 2.24) is 14.7 Å². The van der Waals surface area contributed by atoms with E-state index in [1.807, 2.05) is 41.4 Å². The van der Waals surface area contributed by atoms with Gasteiger partial charge < -0.3 is 9.64 Å². The SMILES string of the molecule is COc1ccc(/C=C/C(=O)N2CCc3c(cnn3C(C)(C)C)C2)cc1. The summed E-state index contributed by atoms with van der Waals surface area (Å²) in [5.41, 5.74) is 3.34. The summed E-state index contributed by atoms with van der Waals surface area (Å²) in [6.07, 6.45) is 6.22. The van der Waals surface area contributed by atoms with E-state index in [4.69, 9.17) is 4.74 Å². The van der Waals surface area contributed by atoms with E-state index in [1.165, 1.54) is 5.69 Å². The Hall–Kier alpha value is -2.56. The van der Waals surface area contributed by atoms with Crippen LogP contribution >= 0.6 is 0 Å². The molecular weight excluding hydrogens is 314 g/mol. The molecule has 0 unspecified atom stereocenters. The molecule has 0 saturated heterocycles. The summed E-state index contributed by atoms with van der Waals surface area (Å²) in [5.74, 6) is 0.841. The summed E-state index contributed by atoms with van der Waals surface area (Å²) in [6.45, 7) is 7.79. The first-order chi connectivity index (χ1) is 11.9. The van der Waals surface area contributed by atoms with E-state index in [0.29, 0.717) is 6.54 Å². The van der Waals surface area contributed by atoms with Gasteiger partial charge in [0.15, 0.2) is 0 Å². The van der Waals surface area contributed by atoms with Crippen molar-refractivity contribution in [2.45, 2.75) is 39.3 Å². The fourth-order valence-electron chi connectivity index (χ4n) is 3.09. The Kier molecular flexibility index (Phi) is 4.66. The molecule has 1 amide bonds. The standard InChI is InChI=1S/C20H25N3O2/c1-20(2,3)23-18-11-12-22(14-16(18)13-21-23)19(24)10-7-15-5-8-17(25-4)9-6-15/h5-10,13H,11-12,14H2,1-4H3/b10-7+. The number of nitrogens with zero attached hydrogens (tertiary/aromatic N) is 3. The molecule has 25 heavy (non-hydrogen) atoms. The fraction of sp³-hybridized carbons (Fsp3) is 0.400. The van der Waals surface area contributed by atoms with Gasteiger partial charge in [-0.1, -0.05) is 12.1 Å². The van der Waals surface area contributed by atoms with Crippen LogP contribution in [0.5, 0.6) is 5.75 Å². The van der Waals surface area contributed by atoms with Gasteiger partial charge in [-0.05, 0) is 44.5 Å². The molecule has 2 heterocycles. The summed E-state index contributed by atoms with van der Waals surface area (Å²) in [5, 5.41) is 4.52. The molecule has 3 rings (SSSR count). The molecule has 1 aliphatic rings. The third-order valence-corrected chi connectivity index (χ3v) is 4.42. The molecule has 0 saturated carbocycles. The van der Waals surface area contributed by atoms with Gasteiger partial charge in [-0.2, -0.15) is 5.10 Å². The van der Waals surface area contributed by atoms with Crippen LogP contribution in [0.4, 0.5) is 0 Å². The molecular formula is C20H25N3O2. The number of ether oxygens (including phenoxy) is 1.